The molecule has 26 heavy (non-hydrogen) atoms. The van der Waals surface area contributed by atoms with Gasteiger partial charge in [-0.2, -0.15) is 4.98 Å². The summed E-state index contributed by atoms with van der Waals surface area (Å²) < 4.78 is 7.27. The summed E-state index contributed by atoms with van der Waals surface area (Å²) in [5.74, 6) is 1.83. The number of fused-ring (bicyclic) bond motifs is 1. The molecule has 0 spiro atoms. The van der Waals surface area contributed by atoms with Gasteiger partial charge in [0.05, 0.1) is 19.2 Å². The van der Waals surface area contributed by atoms with E-state index in [9.17, 15) is 0 Å². The van der Waals surface area contributed by atoms with Gasteiger partial charge in [-0.15, -0.1) is 5.10 Å². The minimum atomic E-state index is 0.0816. The highest BCUT2D eigenvalue weighted by Gasteiger charge is 2.31. The smallest absolute Gasteiger partial charge is 0.241 e. The zero-order valence-corrected chi connectivity index (χ0v) is 15.0. The third-order valence-electron chi connectivity index (χ3n) is 4.97. The van der Waals surface area contributed by atoms with Crippen molar-refractivity contribution in [1.29, 1.82) is 0 Å². The number of aromatic nitrogens is 3. The maximum Gasteiger partial charge on any atom is 0.241 e. The molecule has 0 bridgehead atoms. The Balaban J connectivity index is 1.72. The van der Waals surface area contributed by atoms with Crippen LogP contribution in [0.2, 0.25) is 0 Å². The maximum absolute atomic E-state index is 5.87. The van der Waals surface area contributed by atoms with Crippen molar-refractivity contribution in [2.24, 2.45) is 0 Å². The van der Waals surface area contributed by atoms with E-state index in [1.54, 1.807) is 7.11 Å². The number of hydrogen-bond acceptors (Lipinski definition) is 5. The van der Waals surface area contributed by atoms with Gasteiger partial charge < -0.3 is 15.8 Å². The van der Waals surface area contributed by atoms with Gasteiger partial charge in [0.2, 0.25) is 11.9 Å². The Bertz CT molecular complexity index is 903. The molecular weight excluding hydrogens is 326 g/mol. The fourth-order valence-corrected chi connectivity index (χ4v) is 3.52. The molecule has 1 aliphatic heterocycles. The van der Waals surface area contributed by atoms with Gasteiger partial charge in [-0.05, 0) is 41.7 Å². The second-order valence-electron chi connectivity index (χ2n) is 6.56. The minimum absolute atomic E-state index is 0.0816. The molecule has 0 saturated carbocycles. The topological polar surface area (TPSA) is 78.0 Å². The standard InChI is InChI=1S/C20H23N5O/c1-3-13-7-9-14(10-8-13)18-12-17(15-5-4-6-16(11-15)26-2)22-20-23-19(21)24-25(18)20/h4-11,17-18H,3,12H2,1-2H3,(H3,21,22,23,24)/t17-,18-/m0/s1. The first-order valence-corrected chi connectivity index (χ1v) is 8.89. The van der Waals surface area contributed by atoms with E-state index in [2.05, 4.69) is 58.7 Å². The van der Waals surface area contributed by atoms with Crippen molar-refractivity contribution in [1.82, 2.24) is 14.8 Å². The van der Waals surface area contributed by atoms with Crippen molar-refractivity contribution in [2.45, 2.75) is 31.8 Å². The van der Waals surface area contributed by atoms with E-state index in [0.717, 1.165) is 24.2 Å². The summed E-state index contributed by atoms with van der Waals surface area (Å²) >= 11 is 0. The predicted molar refractivity (Wildman–Crippen MR) is 102 cm³/mol. The van der Waals surface area contributed by atoms with Crippen LogP contribution in [0.1, 0.15) is 42.1 Å². The van der Waals surface area contributed by atoms with Gasteiger partial charge in [0.1, 0.15) is 5.75 Å². The van der Waals surface area contributed by atoms with Crippen LogP contribution in [0.3, 0.4) is 0 Å². The molecule has 3 aromatic rings. The molecule has 0 unspecified atom stereocenters. The van der Waals surface area contributed by atoms with Crippen molar-refractivity contribution < 1.29 is 4.74 Å². The fourth-order valence-electron chi connectivity index (χ4n) is 3.52. The number of nitrogen functional groups attached to an aromatic ring is 1. The Morgan fingerprint density at radius 3 is 2.73 bits per heavy atom. The van der Waals surface area contributed by atoms with Crippen LogP contribution in [-0.4, -0.2) is 21.9 Å². The van der Waals surface area contributed by atoms with Gasteiger partial charge in [-0.25, -0.2) is 4.68 Å². The summed E-state index contributed by atoms with van der Waals surface area (Å²) in [5.41, 5.74) is 9.57. The molecule has 6 nitrogen and oxygen atoms in total. The van der Waals surface area contributed by atoms with E-state index >= 15 is 0 Å². The van der Waals surface area contributed by atoms with Crippen LogP contribution < -0.4 is 15.8 Å². The number of rotatable bonds is 4. The average Bonchev–Trinajstić information content (AvgIpc) is 3.07. The Morgan fingerprint density at radius 2 is 2.00 bits per heavy atom. The molecule has 0 amide bonds. The van der Waals surface area contributed by atoms with Crippen LogP contribution in [0.4, 0.5) is 11.9 Å². The first-order valence-electron chi connectivity index (χ1n) is 8.89. The zero-order valence-electron chi connectivity index (χ0n) is 15.0. The number of anilines is 2. The monoisotopic (exact) mass is 349 g/mol. The molecule has 1 aromatic heterocycles. The average molecular weight is 349 g/mol. The molecule has 0 saturated heterocycles. The number of aryl methyl sites for hydroxylation is 1. The first-order chi connectivity index (χ1) is 12.7. The molecular formula is C20H23N5O. The van der Waals surface area contributed by atoms with Crippen molar-refractivity contribution >= 4 is 11.9 Å². The van der Waals surface area contributed by atoms with E-state index < -0.39 is 0 Å². The van der Waals surface area contributed by atoms with Gasteiger partial charge in [-0.3, -0.25) is 0 Å². The number of hydrogen-bond donors (Lipinski definition) is 2. The molecule has 0 radical (unpaired) electrons. The fraction of sp³-hybridized carbons (Fsp3) is 0.300. The van der Waals surface area contributed by atoms with Crippen LogP contribution in [-0.2, 0) is 6.42 Å². The van der Waals surface area contributed by atoms with Gasteiger partial charge >= 0.3 is 0 Å². The lowest BCUT2D eigenvalue weighted by Crippen LogP contribution is -2.28. The minimum Gasteiger partial charge on any atom is -0.497 e. The van der Waals surface area contributed by atoms with E-state index in [0.29, 0.717) is 5.95 Å². The number of ether oxygens (including phenoxy) is 1. The molecule has 134 valence electrons. The van der Waals surface area contributed by atoms with Gasteiger partial charge in [0.15, 0.2) is 0 Å². The number of nitrogens with one attached hydrogen (secondary N) is 1. The Morgan fingerprint density at radius 1 is 1.19 bits per heavy atom. The van der Waals surface area contributed by atoms with Crippen LogP contribution in [0.25, 0.3) is 0 Å². The molecule has 1 aliphatic rings. The third kappa shape index (κ3) is 2.98. The molecule has 0 fully saturated rings. The van der Waals surface area contributed by atoms with E-state index in [1.807, 2.05) is 16.8 Å². The molecule has 4 rings (SSSR count). The Hall–Kier alpha value is -3.02. The molecule has 2 aromatic carbocycles. The summed E-state index contributed by atoms with van der Waals surface area (Å²) in [5, 5.41) is 7.87. The van der Waals surface area contributed by atoms with Crippen LogP contribution in [0.5, 0.6) is 5.75 Å². The molecule has 3 N–H and O–H groups in total. The summed E-state index contributed by atoms with van der Waals surface area (Å²) in [6, 6.07) is 17.0. The molecule has 6 heteroatoms. The highest BCUT2D eigenvalue weighted by Crippen LogP contribution is 2.38. The number of nitrogens with two attached hydrogens (primary N) is 1. The zero-order chi connectivity index (χ0) is 18.1. The second-order valence-corrected chi connectivity index (χ2v) is 6.56. The van der Waals surface area contributed by atoms with E-state index in [-0.39, 0.29) is 18.0 Å². The summed E-state index contributed by atoms with van der Waals surface area (Å²) in [6.07, 6.45) is 1.88. The summed E-state index contributed by atoms with van der Waals surface area (Å²) in [4.78, 5) is 4.37. The highest BCUT2D eigenvalue weighted by molar-refractivity contribution is 5.43. The highest BCUT2D eigenvalue weighted by atomic mass is 16.5. The lowest BCUT2D eigenvalue weighted by Gasteiger charge is -2.32. The third-order valence-corrected chi connectivity index (χ3v) is 4.97. The normalized spacial score (nSPS) is 18.8. The number of nitrogens with zero attached hydrogens (tertiary/aromatic N) is 3. The summed E-state index contributed by atoms with van der Waals surface area (Å²) in [7, 11) is 1.68. The lowest BCUT2D eigenvalue weighted by molar-refractivity contribution is 0.410. The lowest BCUT2D eigenvalue weighted by atomic mass is 9.92. The molecule has 2 heterocycles. The summed E-state index contributed by atoms with van der Waals surface area (Å²) in [6.45, 7) is 2.16. The number of methoxy groups -OCH3 is 1. The maximum atomic E-state index is 5.87. The van der Waals surface area contributed by atoms with Crippen molar-refractivity contribution in [3.63, 3.8) is 0 Å². The van der Waals surface area contributed by atoms with Crippen molar-refractivity contribution in [2.75, 3.05) is 18.2 Å². The van der Waals surface area contributed by atoms with Crippen molar-refractivity contribution in [3.8, 4) is 5.75 Å². The van der Waals surface area contributed by atoms with Crippen molar-refractivity contribution in [3.05, 3.63) is 65.2 Å². The Labute approximate surface area is 153 Å². The molecule has 2 atom stereocenters. The number of benzene rings is 2. The van der Waals surface area contributed by atoms with Crippen LogP contribution in [0, 0.1) is 0 Å². The quantitative estimate of drug-likeness (QED) is 0.753. The second kappa shape index (κ2) is 6.71. The van der Waals surface area contributed by atoms with Gasteiger partial charge in [-0.1, -0.05) is 43.3 Å². The van der Waals surface area contributed by atoms with Crippen LogP contribution >= 0.6 is 0 Å². The molecule has 0 aliphatic carbocycles. The largest absolute Gasteiger partial charge is 0.497 e. The van der Waals surface area contributed by atoms with Gasteiger partial charge in [0, 0.05) is 0 Å². The SMILES string of the molecule is CCc1ccc([C@@H]2C[C@@H](c3cccc(OC)c3)Nc3nc(N)nn32)cc1. The van der Waals surface area contributed by atoms with Crippen LogP contribution in [0.15, 0.2) is 48.5 Å². The van der Waals surface area contributed by atoms with E-state index in [1.165, 1.54) is 11.1 Å². The van der Waals surface area contributed by atoms with E-state index in [4.69, 9.17) is 10.5 Å². The predicted octanol–water partition coefficient (Wildman–Crippen LogP) is 3.58. The Kier molecular flexibility index (Phi) is 4.24. The first kappa shape index (κ1) is 16.4. The van der Waals surface area contributed by atoms with Gasteiger partial charge in [0.25, 0.3) is 0 Å².